The smallest absolute Gasteiger partial charge is 0.308 e. The minimum Gasteiger partial charge on any atom is -0.481 e. The summed E-state index contributed by atoms with van der Waals surface area (Å²) in [5.74, 6) is -0.0491. The van der Waals surface area contributed by atoms with Crippen LogP contribution in [0.5, 0.6) is 0 Å². The first-order chi connectivity index (χ1) is 14.0. The lowest BCUT2D eigenvalue weighted by atomic mass is 9.88. The molecule has 3 atom stereocenters. The van der Waals surface area contributed by atoms with Gasteiger partial charge >= 0.3 is 5.97 Å². The van der Waals surface area contributed by atoms with Crippen LogP contribution in [-0.2, 0) is 29.0 Å². The van der Waals surface area contributed by atoms with Gasteiger partial charge in [-0.05, 0) is 30.9 Å². The molecule has 8 heteroatoms. The van der Waals surface area contributed by atoms with E-state index in [-0.39, 0.29) is 24.3 Å². The summed E-state index contributed by atoms with van der Waals surface area (Å²) in [4.78, 5) is 30.9. The van der Waals surface area contributed by atoms with Gasteiger partial charge in [0.15, 0.2) is 0 Å². The number of amides is 1. The third kappa shape index (κ3) is 4.48. The minimum absolute atomic E-state index is 0.0997. The van der Waals surface area contributed by atoms with Crippen molar-refractivity contribution in [2.75, 3.05) is 18.4 Å². The fraction of sp³-hybridized carbons (Fsp3) is 0.524. The number of carboxylic acids is 1. The monoisotopic (exact) mass is 397 g/mol. The number of rotatable bonds is 5. The molecular weight excluding hydrogens is 370 g/mol. The van der Waals surface area contributed by atoms with Crippen LogP contribution in [0.1, 0.15) is 31.2 Å². The Bertz CT molecular complexity index is 882. The second-order valence-electron chi connectivity index (χ2n) is 8.20. The molecule has 154 valence electrons. The molecule has 29 heavy (non-hydrogen) atoms. The molecule has 3 heterocycles. The fourth-order valence-corrected chi connectivity index (χ4v) is 4.46. The molecule has 2 aromatic rings. The van der Waals surface area contributed by atoms with Crippen molar-refractivity contribution in [1.82, 2.24) is 19.7 Å². The molecule has 0 spiro atoms. The lowest BCUT2D eigenvalue weighted by molar-refractivity contribution is -0.145. The van der Waals surface area contributed by atoms with E-state index in [1.54, 1.807) is 4.68 Å². The zero-order chi connectivity index (χ0) is 20.4. The number of fused-ring (bicyclic) bond motifs is 1. The lowest BCUT2D eigenvalue weighted by Crippen LogP contribution is -2.52. The van der Waals surface area contributed by atoms with Gasteiger partial charge < -0.3 is 5.11 Å². The summed E-state index contributed by atoms with van der Waals surface area (Å²) in [7, 11) is 0. The van der Waals surface area contributed by atoms with Crippen LogP contribution < -0.4 is 5.32 Å². The quantitative estimate of drug-likeness (QED) is 0.798. The largest absolute Gasteiger partial charge is 0.481 e. The van der Waals surface area contributed by atoms with Crippen molar-refractivity contribution in [3.63, 3.8) is 0 Å². The molecule has 2 aliphatic heterocycles. The Kier molecular flexibility index (Phi) is 5.62. The normalized spacial score (nSPS) is 24.7. The Labute approximate surface area is 169 Å². The Morgan fingerprint density at radius 3 is 2.76 bits per heavy atom. The molecule has 1 aromatic carbocycles. The predicted octanol–water partition coefficient (Wildman–Crippen LogP) is 1.82. The number of aromatic nitrogens is 3. The van der Waals surface area contributed by atoms with Gasteiger partial charge in [0.05, 0.1) is 18.9 Å². The number of hydrogen-bond donors (Lipinski definition) is 2. The molecule has 0 bridgehead atoms. The van der Waals surface area contributed by atoms with Crippen LogP contribution in [0.4, 0.5) is 5.95 Å². The maximum atomic E-state index is 12.3. The number of aliphatic carboxylic acids is 1. The second kappa shape index (κ2) is 8.32. The van der Waals surface area contributed by atoms with E-state index in [1.165, 1.54) is 6.42 Å². The molecular formula is C21H27N5O3. The third-order valence-corrected chi connectivity index (χ3v) is 5.91. The van der Waals surface area contributed by atoms with Crippen LogP contribution in [0.3, 0.4) is 0 Å². The summed E-state index contributed by atoms with van der Waals surface area (Å²) < 4.78 is 1.77. The topological polar surface area (TPSA) is 100 Å². The third-order valence-electron chi connectivity index (χ3n) is 5.91. The lowest BCUT2D eigenvalue weighted by Gasteiger charge is -2.41. The van der Waals surface area contributed by atoms with Gasteiger partial charge in [-0.25, -0.2) is 4.68 Å². The van der Waals surface area contributed by atoms with E-state index in [4.69, 9.17) is 0 Å². The number of carbonyl (C=O) groups excluding carboxylic acids is 1. The second-order valence-corrected chi connectivity index (χ2v) is 8.20. The average molecular weight is 397 g/mol. The molecule has 2 N–H and O–H groups in total. The van der Waals surface area contributed by atoms with Gasteiger partial charge in [-0.2, -0.15) is 4.98 Å². The van der Waals surface area contributed by atoms with E-state index in [0.717, 1.165) is 25.1 Å². The molecule has 0 saturated carbocycles. The molecule has 0 aliphatic carbocycles. The highest BCUT2D eigenvalue weighted by molar-refractivity contribution is 5.90. The number of likely N-dealkylation sites (tertiary alicyclic amines) is 1. The first kappa shape index (κ1) is 19.6. The van der Waals surface area contributed by atoms with E-state index < -0.39 is 11.9 Å². The Morgan fingerprint density at radius 1 is 1.24 bits per heavy atom. The molecule has 8 nitrogen and oxygen atoms in total. The maximum absolute atomic E-state index is 12.3. The average Bonchev–Trinajstić information content (AvgIpc) is 3.08. The molecule has 4 rings (SSSR count). The zero-order valence-corrected chi connectivity index (χ0v) is 16.6. The van der Waals surface area contributed by atoms with Crippen LogP contribution in [0, 0.1) is 11.8 Å². The summed E-state index contributed by atoms with van der Waals surface area (Å²) in [6.45, 7) is 4.54. The van der Waals surface area contributed by atoms with Crippen LogP contribution >= 0.6 is 0 Å². The first-order valence-electron chi connectivity index (χ1n) is 10.2. The van der Waals surface area contributed by atoms with Gasteiger partial charge in [-0.1, -0.05) is 37.3 Å². The van der Waals surface area contributed by atoms with E-state index in [1.807, 2.05) is 30.3 Å². The highest BCUT2D eigenvalue weighted by Gasteiger charge is 2.40. The van der Waals surface area contributed by atoms with Crippen molar-refractivity contribution < 1.29 is 14.7 Å². The van der Waals surface area contributed by atoms with Gasteiger partial charge in [-0.3, -0.25) is 19.8 Å². The van der Waals surface area contributed by atoms with Gasteiger partial charge in [0, 0.05) is 19.0 Å². The summed E-state index contributed by atoms with van der Waals surface area (Å²) in [5.41, 5.74) is 0.916. The van der Waals surface area contributed by atoms with E-state index in [2.05, 4.69) is 27.2 Å². The van der Waals surface area contributed by atoms with Crippen molar-refractivity contribution in [3.05, 3.63) is 41.7 Å². The molecule has 3 unspecified atom stereocenters. The Hall–Kier alpha value is -2.74. The molecule has 1 amide bonds. The summed E-state index contributed by atoms with van der Waals surface area (Å²) in [6.07, 6.45) is 2.85. The van der Waals surface area contributed by atoms with E-state index >= 15 is 0 Å². The summed E-state index contributed by atoms with van der Waals surface area (Å²) >= 11 is 0. The maximum Gasteiger partial charge on any atom is 0.308 e. The Morgan fingerprint density at radius 2 is 2.03 bits per heavy atom. The van der Waals surface area contributed by atoms with Crippen molar-refractivity contribution in [1.29, 1.82) is 0 Å². The summed E-state index contributed by atoms with van der Waals surface area (Å²) in [5, 5.41) is 17.0. The van der Waals surface area contributed by atoms with Crippen LogP contribution in [0.2, 0.25) is 0 Å². The van der Waals surface area contributed by atoms with Gasteiger partial charge in [-0.15, -0.1) is 5.10 Å². The van der Waals surface area contributed by atoms with Crippen LogP contribution in [-0.4, -0.2) is 55.8 Å². The highest BCUT2D eigenvalue weighted by atomic mass is 16.4. The van der Waals surface area contributed by atoms with Crippen molar-refractivity contribution in [2.45, 2.75) is 45.2 Å². The number of carbonyl (C=O) groups is 2. The predicted molar refractivity (Wildman–Crippen MR) is 107 cm³/mol. The fourth-order valence-electron chi connectivity index (χ4n) is 4.46. The van der Waals surface area contributed by atoms with Crippen molar-refractivity contribution >= 4 is 17.8 Å². The van der Waals surface area contributed by atoms with Crippen molar-refractivity contribution in [2.24, 2.45) is 11.8 Å². The van der Waals surface area contributed by atoms with Crippen LogP contribution in [0.15, 0.2) is 30.3 Å². The minimum atomic E-state index is -0.794. The number of hydrogen-bond acceptors (Lipinski definition) is 5. The number of carboxylic acid groups (broad SMARTS) is 1. The molecule has 2 aliphatic rings. The number of nitrogens with one attached hydrogen (secondary N) is 1. The van der Waals surface area contributed by atoms with E-state index in [0.29, 0.717) is 24.7 Å². The first-order valence-corrected chi connectivity index (χ1v) is 10.2. The zero-order valence-electron chi connectivity index (χ0n) is 16.6. The Balaban J connectivity index is 1.47. The number of piperidine rings is 1. The number of anilines is 1. The summed E-state index contributed by atoms with van der Waals surface area (Å²) in [6, 6.07) is 9.38. The molecule has 0 radical (unpaired) electrons. The molecule has 1 fully saturated rings. The van der Waals surface area contributed by atoms with Gasteiger partial charge in [0.25, 0.3) is 0 Å². The molecule has 1 aromatic heterocycles. The van der Waals surface area contributed by atoms with E-state index in [9.17, 15) is 14.7 Å². The van der Waals surface area contributed by atoms with Crippen LogP contribution in [0.25, 0.3) is 0 Å². The standard InChI is InChI=1S/C21H27N5O3/c1-14-6-5-9-25(12-14)17-13-26-18(11-16(17)20(28)29)22-21(24-26)23-19(27)10-15-7-3-2-4-8-15/h2-4,7-8,14,16-17H,5-6,9-13H2,1H3,(H,28,29)(H,23,24,27). The SMILES string of the molecule is CC1CCCN(C2Cn3nc(NC(=O)Cc4ccccc4)nc3CC2C(=O)O)C1. The number of benzene rings is 1. The van der Waals surface area contributed by atoms with Gasteiger partial charge in [0.1, 0.15) is 5.82 Å². The van der Waals surface area contributed by atoms with Crippen molar-refractivity contribution in [3.8, 4) is 0 Å². The van der Waals surface area contributed by atoms with Gasteiger partial charge in [0.2, 0.25) is 11.9 Å². The highest BCUT2D eigenvalue weighted by Crippen LogP contribution is 2.28. The molecule has 1 saturated heterocycles. The number of nitrogens with zero attached hydrogens (tertiary/aromatic N) is 4.